The Morgan fingerprint density at radius 3 is 2.48 bits per heavy atom. The average Bonchev–Trinajstić information content (AvgIpc) is 2.96. The van der Waals surface area contributed by atoms with Crippen LogP contribution in [-0.4, -0.2) is 36.0 Å². The number of rotatable bonds is 6. The monoisotopic (exact) mass is 336 g/mol. The molecule has 1 aromatic carbocycles. The number of aliphatic imine (C=N–C) groups is 1. The minimum absolute atomic E-state index is 0.157. The summed E-state index contributed by atoms with van der Waals surface area (Å²) in [6, 6.07) is 8.81. The molecule has 25 heavy (non-hydrogen) atoms. The highest BCUT2D eigenvalue weighted by molar-refractivity contribution is 5.92. The van der Waals surface area contributed by atoms with Crippen LogP contribution in [0, 0.1) is 0 Å². The van der Waals surface area contributed by atoms with E-state index in [-0.39, 0.29) is 17.0 Å². The summed E-state index contributed by atoms with van der Waals surface area (Å²) in [5.74, 6) is 0.818. The van der Waals surface area contributed by atoms with E-state index < -0.39 is 0 Å². The van der Waals surface area contributed by atoms with Crippen molar-refractivity contribution in [1.29, 1.82) is 0 Å². The van der Waals surface area contributed by atoms with E-state index in [4.69, 9.17) is 9.73 Å². The second kappa shape index (κ2) is 6.64. The lowest BCUT2D eigenvalue weighted by molar-refractivity contribution is 0.260. The van der Waals surface area contributed by atoms with Gasteiger partial charge in [-0.05, 0) is 31.9 Å². The Morgan fingerprint density at radius 1 is 1.20 bits per heavy atom. The molecule has 3 nitrogen and oxygen atoms in total. The van der Waals surface area contributed by atoms with Gasteiger partial charge in [0, 0.05) is 13.1 Å². The summed E-state index contributed by atoms with van der Waals surface area (Å²) in [4.78, 5) is 7.21. The Morgan fingerprint density at radius 2 is 1.88 bits per heavy atom. The molecule has 0 fully saturated rings. The topological polar surface area (TPSA) is 24.8 Å². The highest BCUT2D eigenvalue weighted by atomic mass is 16.5. The molecule has 0 radical (unpaired) electrons. The highest BCUT2D eigenvalue weighted by Gasteiger charge is 2.42. The summed E-state index contributed by atoms with van der Waals surface area (Å²) < 4.78 is 6.01. The van der Waals surface area contributed by atoms with E-state index in [1.165, 1.54) is 11.1 Å². The maximum atomic E-state index is 6.01. The third-order valence-electron chi connectivity index (χ3n) is 4.98. The van der Waals surface area contributed by atoms with Crippen molar-refractivity contribution in [2.24, 2.45) is 4.99 Å². The summed E-state index contributed by atoms with van der Waals surface area (Å²) in [6.45, 7) is 16.5. The Kier molecular flexibility index (Phi) is 4.70. The predicted octanol–water partition coefficient (Wildman–Crippen LogP) is 4.44. The fourth-order valence-corrected chi connectivity index (χ4v) is 3.69. The summed E-state index contributed by atoms with van der Waals surface area (Å²) in [7, 11) is 0. The number of benzene rings is 1. The van der Waals surface area contributed by atoms with E-state index in [0.717, 1.165) is 19.0 Å². The lowest BCUT2D eigenvalue weighted by Gasteiger charge is -2.38. The zero-order valence-corrected chi connectivity index (χ0v) is 15.5. The second-order valence-corrected chi connectivity index (χ2v) is 7.64. The Hall–Kier alpha value is -2.13. The fourth-order valence-electron chi connectivity index (χ4n) is 3.69. The third kappa shape index (κ3) is 3.21. The van der Waals surface area contributed by atoms with Gasteiger partial charge < -0.3 is 4.74 Å². The van der Waals surface area contributed by atoms with Crippen molar-refractivity contribution in [3.63, 3.8) is 0 Å². The lowest BCUT2D eigenvalue weighted by Crippen LogP contribution is -2.38. The summed E-state index contributed by atoms with van der Waals surface area (Å²) in [6.07, 6.45) is 8.41. The molecule has 0 aromatic heterocycles. The molecular weight excluding hydrogens is 308 g/mol. The molecule has 132 valence electrons. The van der Waals surface area contributed by atoms with E-state index in [9.17, 15) is 0 Å². The lowest BCUT2D eigenvalue weighted by atomic mass is 9.73. The third-order valence-corrected chi connectivity index (χ3v) is 4.98. The molecule has 0 saturated heterocycles. The maximum absolute atomic E-state index is 6.01. The molecule has 1 heterocycles. The van der Waals surface area contributed by atoms with Crippen LogP contribution in [0.4, 0.5) is 0 Å². The van der Waals surface area contributed by atoms with Crippen molar-refractivity contribution in [3.8, 4) is 0 Å². The average molecular weight is 336 g/mol. The number of hydrogen-bond acceptors (Lipinski definition) is 3. The Bertz CT molecular complexity index is 721. The largest absolute Gasteiger partial charge is 0.478 e. The first kappa shape index (κ1) is 17.7. The molecule has 1 aromatic rings. The summed E-state index contributed by atoms with van der Waals surface area (Å²) in [5.41, 5.74) is 2.08. The standard InChI is InChI=1S/C22H28N2O/c1-6-14-24(15-7-2)19-12-13-22(5,18-11-9-8-10-17(18)19)20-23-21(3,4)16-25-20/h6-13,19H,1-2,14-16H2,3-5H3/t19-,22+/m1/s1. The van der Waals surface area contributed by atoms with Crippen LogP contribution in [-0.2, 0) is 10.2 Å². The van der Waals surface area contributed by atoms with Gasteiger partial charge in [-0.1, -0.05) is 48.6 Å². The zero-order chi connectivity index (χ0) is 18.1. The van der Waals surface area contributed by atoms with Gasteiger partial charge in [0.05, 0.1) is 17.0 Å². The first-order chi connectivity index (χ1) is 11.9. The van der Waals surface area contributed by atoms with Gasteiger partial charge in [-0.25, -0.2) is 4.99 Å². The van der Waals surface area contributed by atoms with Crippen molar-refractivity contribution >= 4 is 5.90 Å². The van der Waals surface area contributed by atoms with E-state index >= 15 is 0 Å². The molecule has 0 bridgehead atoms. The van der Waals surface area contributed by atoms with Gasteiger partial charge in [-0.15, -0.1) is 13.2 Å². The van der Waals surface area contributed by atoms with Crippen LogP contribution in [0.5, 0.6) is 0 Å². The molecular formula is C22H28N2O. The zero-order valence-electron chi connectivity index (χ0n) is 15.5. The number of fused-ring (bicyclic) bond motifs is 1. The van der Waals surface area contributed by atoms with Crippen molar-refractivity contribution < 1.29 is 4.74 Å². The highest BCUT2D eigenvalue weighted by Crippen LogP contribution is 2.42. The Balaban J connectivity index is 2.05. The maximum Gasteiger partial charge on any atom is 0.198 e. The molecule has 1 aliphatic heterocycles. The van der Waals surface area contributed by atoms with Gasteiger partial charge in [0.25, 0.3) is 0 Å². The van der Waals surface area contributed by atoms with Gasteiger partial charge in [0.15, 0.2) is 5.90 Å². The van der Waals surface area contributed by atoms with E-state index in [1.807, 2.05) is 12.2 Å². The number of nitrogens with zero attached hydrogens (tertiary/aromatic N) is 2. The van der Waals surface area contributed by atoms with Crippen LogP contribution < -0.4 is 0 Å². The quantitative estimate of drug-likeness (QED) is 0.718. The van der Waals surface area contributed by atoms with Crippen LogP contribution in [0.2, 0.25) is 0 Å². The number of ether oxygens (including phenoxy) is 1. The molecule has 2 atom stereocenters. The molecule has 0 spiro atoms. The van der Waals surface area contributed by atoms with Crippen molar-refractivity contribution in [2.75, 3.05) is 19.7 Å². The van der Waals surface area contributed by atoms with Gasteiger partial charge in [0.2, 0.25) is 0 Å². The molecule has 2 aliphatic rings. The van der Waals surface area contributed by atoms with Crippen LogP contribution >= 0.6 is 0 Å². The van der Waals surface area contributed by atoms with Crippen LogP contribution in [0.1, 0.15) is 37.9 Å². The second-order valence-electron chi connectivity index (χ2n) is 7.64. The minimum atomic E-state index is -0.325. The predicted molar refractivity (Wildman–Crippen MR) is 105 cm³/mol. The first-order valence-electron chi connectivity index (χ1n) is 8.89. The number of hydrogen-bond donors (Lipinski definition) is 0. The molecule has 3 heteroatoms. The van der Waals surface area contributed by atoms with Crippen LogP contribution in [0.15, 0.2) is 66.7 Å². The fraction of sp³-hybridized carbons (Fsp3) is 0.409. The van der Waals surface area contributed by atoms with Crippen molar-refractivity contribution in [2.45, 2.75) is 37.8 Å². The normalized spacial score (nSPS) is 26.7. The molecule has 0 saturated carbocycles. The first-order valence-corrected chi connectivity index (χ1v) is 8.89. The molecule has 0 N–H and O–H groups in total. The van der Waals surface area contributed by atoms with Gasteiger partial charge in [-0.3, -0.25) is 4.90 Å². The minimum Gasteiger partial charge on any atom is -0.478 e. The summed E-state index contributed by atoms with van der Waals surface area (Å²) >= 11 is 0. The molecule has 3 rings (SSSR count). The van der Waals surface area contributed by atoms with Crippen LogP contribution in [0.3, 0.4) is 0 Å². The van der Waals surface area contributed by atoms with Crippen molar-refractivity contribution in [1.82, 2.24) is 4.90 Å². The molecule has 1 aliphatic carbocycles. The van der Waals surface area contributed by atoms with E-state index in [1.54, 1.807) is 0 Å². The van der Waals surface area contributed by atoms with Gasteiger partial charge >= 0.3 is 0 Å². The smallest absolute Gasteiger partial charge is 0.198 e. The molecule has 0 amide bonds. The van der Waals surface area contributed by atoms with E-state index in [2.05, 4.69) is 75.2 Å². The van der Waals surface area contributed by atoms with Gasteiger partial charge in [0.1, 0.15) is 6.61 Å². The van der Waals surface area contributed by atoms with Crippen molar-refractivity contribution in [3.05, 3.63) is 72.9 Å². The van der Waals surface area contributed by atoms with Crippen LogP contribution in [0.25, 0.3) is 0 Å². The SMILES string of the molecule is C=CCN(CC=C)[C@@H]1C=C[C@](C)(C2=NC(C)(C)CO2)c2ccccc21. The molecule has 0 unspecified atom stereocenters. The van der Waals surface area contributed by atoms with E-state index in [0.29, 0.717) is 6.61 Å². The summed E-state index contributed by atoms with van der Waals surface area (Å²) in [5, 5.41) is 0. The van der Waals surface area contributed by atoms with Gasteiger partial charge in [-0.2, -0.15) is 0 Å². The Labute approximate surface area is 151 Å².